The van der Waals surface area contributed by atoms with Crippen molar-refractivity contribution in [3.8, 4) is 5.75 Å². The lowest BCUT2D eigenvalue weighted by Gasteiger charge is -2.09. The van der Waals surface area contributed by atoms with Gasteiger partial charge in [0.1, 0.15) is 11.6 Å². The monoisotopic (exact) mass is 348 g/mol. The van der Waals surface area contributed by atoms with Gasteiger partial charge in [0.05, 0.1) is 17.6 Å². The fourth-order valence-corrected chi connectivity index (χ4v) is 3.35. The first-order valence-electron chi connectivity index (χ1n) is 9.36. The molecule has 1 fully saturated rings. The van der Waals surface area contributed by atoms with Gasteiger partial charge in [-0.05, 0) is 68.5 Å². The Morgan fingerprint density at radius 2 is 1.96 bits per heavy atom. The molecule has 0 aliphatic heterocycles. The number of imidazole rings is 1. The summed E-state index contributed by atoms with van der Waals surface area (Å²) in [4.78, 5) is 16.6. The summed E-state index contributed by atoms with van der Waals surface area (Å²) < 4.78 is 7.87. The van der Waals surface area contributed by atoms with Gasteiger partial charge in [0, 0.05) is 18.5 Å². The number of benzene rings is 2. The number of nitrogens with zero attached hydrogens (tertiary/aromatic N) is 2. The summed E-state index contributed by atoms with van der Waals surface area (Å²) >= 11 is 0. The smallest absolute Gasteiger partial charge is 0.159 e. The molecule has 0 N–H and O–H groups in total. The maximum Gasteiger partial charge on any atom is 0.159 e. The van der Waals surface area contributed by atoms with E-state index in [9.17, 15) is 4.79 Å². The minimum absolute atomic E-state index is 0.0803. The Morgan fingerprint density at radius 3 is 2.62 bits per heavy atom. The van der Waals surface area contributed by atoms with Crippen molar-refractivity contribution >= 4 is 16.8 Å². The molecular formula is C22H24N2O2. The molecule has 0 radical (unpaired) electrons. The van der Waals surface area contributed by atoms with Crippen LogP contribution in [0.25, 0.3) is 11.0 Å². The van der Waals surface area contributed by atoms with Crippen molar-refractivity contribution < 1.29 is 9.53 Å². The molecule has 0 bridgehead atoms. The van der Waals surface area contributed by atoms with Gasteiger partial charge in [0.2, 0.25) is 0 Å². The van der Waals surface area contributed by atoms with Gasteiger partial charge in [-0.1, -0.05) is 12.1 Å². The molecule has 134 valence electrons. The van der Waals surface area contributed by atoms with E-state index >= 15 is 0 Å². The zero-order valence-corrected chi connectivity index (χ0v) is 15.4. The van der Waals surface area contributed by atoms with Crippen LogP contribution in [-0.2, 0) is 13.0 Å². The van der Waals surface area contributed by atoms with Crippen LogP contribution in [0, 0.1) is 5.92 Å². The predicted molar refractivity (Wildman–Crippen MR) is 103 cm³/mol. The second kappa shape index (κ2) is 6.94. The summed E-state index contributed by atoms with van der Waals surface area (Å²) in [5.74, 6) is 2.81. The number of Topliss-reactive ketones (excluding diaryl/α,β-unsaturated/α-hetero) is 1. The van der Waals surface area contributed by atoms with Crippen LogP contribution >= 0.6 is 0 Å². The Balaban J connectivity index is 1.68. The normalized spacial score (nSPS) is 13.9. The number of fused-ring (bicyclic) bond motifs is 1. The second-order valence-corrected chi connectivity index (χ2v) is 7.10. The zero-order chi connectivity index (χ0) is 18.1. The maximum absolute atomic E-state index is 11.7. The summed E-state index contributed by atoms with van der Waals surface area (Å²) in [6.45, 7) is 5.28. The first-order chi connectivity index (χ1) is 12.6. The van der Waals surface area contributed by atoms with Gasteiger partial charge in [0.25, 0.3) is 0 Å². The highest BCUT2D eigenvalue weighted by atomic mass is 16.5. The number of ketones is 1. The second-order valence-electron chi connectivity index (χ2n) is 7.10. The van der Waals surface area contributed by atoms with Crippen molar-refractivity contribution in [2.75, 3.05) is 6.61 Å². The van der Waals surface area contributed by atoms with Gasteiger partial charge in [-0.2, -0.15) is 0 Å². The minimum Gasteiger partial charge on any atom is -0.494 e. The van der Waals surface area contributed by atoms with Crippen LogP contribution in [0.5, 0.6) is 5.75 Å². The molecule has 0 spiro atoms. The van der Waals surface area contributed by atoms with Crippen molar-refractivity contribution in [2.45, 2.75) is 39.7 Å². The summed E-state index contributed by atoms with van der Waals surface area (Å²) in [7, 11) is 0. The quantitative estimate of drug-likeness (QED) is 0.584. The Hall–Kier alpha value is -2.62. The largest absolute Gasteiger partial charge is 0.494 e. The number of hydrogen-bond donors (Lipinski definition) is 0. The lowest BCUT2D eigenvalue weighted by atomic mass is 10.1. The molecule has 4 nitrogen and oxygen atoms in total. The molecular weight excluding hydrogens is 324 g/mol. The van der Waals surface area contributed by atoms with Crippen molar-refractivity contribution in [1.29, 1.82) is 0 Å². The molecule has 2 aromatic carbocycles. The topological polar surface area (TPSA) is 44.1 Å². The first kappa shape index (κ1) is 16.8. The van der Waals surface area contributed by atoms with Crippen LogP contribution in [0.4, 0.5) is 0 Å². The number of carbonyl (C=O) groups excluding carboxylic acids is 1. The maximum atomic E-state index is 11.7. The van der Waals surface area contributed by atoms with Gasteiger partial charge < -0.3 is 9.30 Å². The number of hydrogen-bond acceptors (Lipinski definition) is 3. The van der Waals surface area contributed by atoms with E-state index in [4.69, 9.17) is 9.72 Å². The third-order valence-corrected chi connectivity index (χ3v) is 4.97. The summed E-state index contributed by atoms with van der Waals surface area (Å²) in [6.07, 6.45) is 3.38. The Morgan fingerprint density at radius 1 is 1.19 bits per heavy atom. The van der Waals surface area contributed by atoms with E-state index in [2.05, 4.69) is 16.7 Å². The molecule has 4 rings (SSSR count). The van der Waals surface area contributed by atoms with E-state index in [1.165, 1.54) is 18.4 Å². The fourth-order valence-electron chi connectivity index (χ4n) is 3.35. The molecule has 0 amide bonds. The molecule has 0 atom stereocenters. The lowest BCUT2D eigenvalue weighted by molar-refractivity contribution is 0.101. The van der Waals surface area contributed by atoms with Crippen LogP contribution in [0.3, 0.4) is 0 Å². The number of ether oxygens (including phenoxy) is 1. The van der Waals surface area contributed by atoms with Crippen molar-refractivity contribution in [3.63, 3.8) is 0 Å². The van der Waals surface area contributed by atoms with E-state index in [0.29, 0.717) is 6.61 Å². The van der Waals surface area contributed by atoms with Gasteiger partial charge >= 0.3 is 0 Å². The zero-order valence-electron chi connectivity index (χ0n) is 15.4. The standard InChI is InChI=1S/C22H24N2O2/c1-3-26-19-9-6-16(7-10-19)12-22-23-20-13-18(15(2)25)8-11-21(20)24(22)14-17-4-5-17/h6-11,13,17H,3-5,12,14H2,1-2H3. The minimum atomic E-state index is 0.0803. The molecule has 0 saturated heterocycles. The summed E-state index contributed by atoms with van der Waals surface area (Å²) in [5.41, 5.74) is 3.98. The van der Waals surface area contributed by atoms with Gasteiger partial charge in [-0.25, -0.2) is 4.98 Å². The van der Waals surface area contributed by atoms with Crippen LogP contribution in [0.2, 0.25) is 0 Å². The predicted octanol–water partition coefficient (Wildman–Crippen LogP) is 4.64. The van der Waals surface area contributed by atoms with E-state index in [-0.39, 0.29) is 5.78 Å². The molecule has 26 heavy (non-hydrogen) atoms. The Bertz CT molecular complexity index is 937. The number of rotatable bonds is 7. The lowest BCUT2D eigenvalue weighted by Crippen LogP contribution is -2.06. The SMILES string of the molecule is CCOc1ccc(Cc2nc3cc(C(C)=O)ccc3n2CC2CC2)cc1. The van der Waals surface area contributed by atoms with Gasteiger partial charge in [-0.15, -0.1) is 0 Å². The van der Waals surface area contributed by atoms with E-state index in [1.54, 1.807) is 6.92 Å². The highest BCUT2D eigenvalue weighted by Gasteiger charge is 2.24. The van der Waals surface area contributed by atoms with E-state index in [1.807, 2.05) is 37.3 Å². The molecule has 1 heterocycles. The van der Waals surface area contributed by atoms with Crippen LogP contribution in [-0.4, -0.2) is 21.9 Å². The average molecular weight is 348 g/mol. The molecule has 3 aromatic rings. The highest BCUT2D eigenvalue weighted by Crippen LogP contribution is 2.33. The van der Waals surface area contributed by atoms with Crippen LogP contribution in [0.1, 0.15) is 48.4 Å². The number of aromatic nitrogens is 2. The third-order valence-electron chi connectivity index (χ3n) is 4.97. The highest BCUT2D eigenvalue weighted by molar-refractivity contribution is 5.97. The third kappa shape index (κ3) is 3.50. The Kier molecular flexibility index (Phi) is 4.49. The molecule has 4 heteroatoms. The summed E-state index contributed by atoms with van der Waals surface area (Å²) in [6, 6.07) is 14.1. The van der Waals surface area contributed by atoms with Crippen LogP contribution < -0.4 is 4.74 Å². The summed E-state index contributed by atoms with van der Waals surface area (Å²) in [5, 5.41) is 0. The molecule has 1 aromatic heterocycles. The van der Waals surface area contributed by atoms with Gasteiger partial charge in [0.15, 0.2) is 5.78 Å². The molecule has 1 aliphatic rings. The molecule has 1 saturated carbocycles. The van der Waals surface area contributed by atoms with E-state index < -0.39 is 0 Å². The van der Waals surface area contributed by atoms with Crippen molar-refractivity contribution in [1.82, 2.24) is 9.55 Å². The fraction of sp³-hybridized carbons (Fsp3) is 0.364. The van der Waals surface area contributed by atoms with Crippen molar-refractivity contribution in [2.24, 2.45) is 5.92 Å². The van der Waals surface area contributed by atoms with Crippen molar-refractivity contribution in [3.05, 3.63) is 59.4 Å². The van der Waals surface area contributed by atoms with Crippen LogP contribution in [0.15, 0.2) is 42.5 Å². The number of carbonyl (C=O) groups is 1. The first-order valence-corrected chi connectivity index (χ1v) is 9.36. The average Bonchev–Trinajstić information content (AvgIpc) is 3.39. The molecule has 1 aliphatic carbocycles. The van der Waals surface area contributed by atoms with E-state index in [0.717, 1.165) is 47.1 Å². The molecule has 0 unspecified atom stereocenters. The van der Waals surface area contributed by atoms with Gasteiger partial charge in [-0.3, -0.25) is 4.79 Å². The Labute approximate surface area is 153 Å².